The van der Waals surface area contributed by atoms with E-state index in [0.29, 0.717) is 35.7 Å². The number of rotatable bonds is 6. The van der Waals surface area contributed by atoms with E-state index < -0.39 is 15.9 Å². The summed E-state index contributed by atoms with van der Waals surface area (Å²) in [6.45, 7) is 2.33. The molecule has 1 aliphatic rings. The van der Waals surface area contributed by atoms with Gasteiger partial charge in [-0.2, -0.15) is 4.31 Å². The van der Waals surface area contributed by atoms with Crippen molar-refractivity contribution in [3.05, 3.63) is 94.5 Å². The van der Waals surface area contributed by atoms with Crippen molar-refractivity contribution >= 4 is 39.0 Å². The average Bonchev–Trinajstić information content (AvgIpc) is 2.85. The molecule has 3 aromatic rings. The van der Waals surface area contributed by atoms with Crippen LogP contribution in [0.15, 0.2) is 77.7 Å². The Morgan fingerprint density at radius 2 is 1.71 bits per heavy atom. The molecule has 1 heterocycles. The standard InChI is InChI=1S/C26H25ClN2O4S/c1-18-9-12-22(13-10-18)34(32,33)29-15-5-8-20(17-29)26(31)28-24-14-11-21(27)16-23(24)25(30)19-6-3-2-4-7-19/h2-4,6-7,9-14,16,20H,5,8,15,17H2,1H3,(H,28,31)/t20-/m1/s1. The molecule has 0 saturated carbocycles. The average molecular weight is 497 g/mol. The number of benzene rings is 3. The summed E-state index contributed by atoms with van der Waals surface area (Å²) in [6.07, 6.45) is 1.13. The van der Waals surface area contributed by atoms with Gasteiger partial charge < -0.3 is 5.32 Å². The molecular weight excluding hydrogens is 472 g/mol. The molecule has 34 heavy (non-hydrogen) atoms. The predicted molar refractivity (Wildman–Crippen MR) is 133 cm³/mol. The smallest absolute Gasteiger partial charge is 0.243 e. The highest BCUT2D eigenvalue weighted by atomic mass is 35.5. The van der Waals surface area contributed by atoms with Crippen molar-refractivity contribution in [1.82, 2.24) is 4.31 Å². The van der Waals surface area contributed by atoms with Crippen molar-refractivity contribution in [2.45, 2.75) is 24.7 Å². The summed E-state index contributed by atoms with van der Waals surface area (Å²) >= 11 is 6.13. The molecule has 4 rings (SSSR count). The van der Waals surface area contributed by atoms with E-state index in [1.807, 2.05) is 13.0 Å². The van der Waals surface area contributed by atoms with Gasteiger partial charge in [-0.25, -0.2) is 8.42 Å². The van der Waals surface area contributed by atoms with Gasteiger partial charge in [-0.1, -0.05) is 59.6 Å². The molecule has 0 aliphatic carbocycles. The zero-order valence-electron chi connectivity index (χ0n) is 18.7. The van der Waals surface area contributed by atoms with Gasteiger partial charge in [0.15, 0.2) is 5.78 Å². The molecule has 1 atom stereocenters. The molecule has 3 aromatic carbocycles. The molecule has 6 nitrogen and oxygen atoms in total. The Balaban J connectivity index is 1.53. The number of hydrogen-bond acceptors (Lipinski definition) is 4. The Labute approximate surface area is 204 Å². The molecule has 0 radical (unpaired) electrons. The monoisotopic (exact) mass is 496 g/mol. The fraction of sp³-hybridized carbons (Fsp3) is 0.231. The number of anilines is 1. The van der Waals surface area contributed by atoms with Gasteiger partial charge in [0, 0.05) is 29.2 Å². The van der Waals surface area contributed by atoms with Crippen LogP contribution in [-0.2, 0) is 14.8 Å². The predicted octanol–water partition coefficient (Wildman–Crippen LogP) is 4.92. The number of piperidine rings is 1. The molecule has 0 unspecified atom stereocenters. The van der Waals surface area contributed by atoms with Crippen LogP contribution in [0.25, 0.3) is 0 Å². The highest BCUT2D eigenvalue weighted by Gasteiger charge is 2.33. The van der Waals surface area contributed by atoms with Gasteiger partial charge in [0.1, 0.15) is 0 Å². The maximum Gasteiger partial charge on any atom is 0.243 e. The van der Waals surface area contributed by atoms with Crippen LogP contribution in [0.1, 0.15) is 34.3 Å². The molecule has 1 aliphatic heterocycles. The fourth-order valence-electron chi connectivity index (χ4n) is 4.03. The van der Waals surface area contributed by atoms with Gasteiger partial charge in [0.05, 0.1) is 16.5 Å². The van der Waals surface area contributed by atoms with Crippen LogP contribution in [-0.4, -0.2) is 37.5 Å². The number of sulfonamides is 1. The van der Waals surface area contributed by atoms with Crippen molar-refractivity contribution in [3.63, 3.8) is 0 Å². The number of carbonyl (C=O) groups excluding carboxylic acids is 2. The molecule has 1 amide bonds. The van der Waals surface area contributed by atoms with Gasteiger partial charge >= 0.3 is 0 Å². The minimum absolute atomic E-state index is 0.0810. The van der Waals surface area contributed by atoms with E-state index in [2.05, 4.69) is 5.32 Å². The van der Waals surface area contributed by atoms with Crippen LogP contribution >= 0.6 is 11.6 Å². The van der Waals surface area contributed by atoms with E-state index in [0.717, 1.165) is 5.56 Å². The van der Waals surface area contributed by atoms with E-state index in [9.17, 15) is 18.0 Å². The second-order valence-corrected chi connectivity index (χ2v) is 10.8. The Morgan fingerprint density at radius 1 is 1.00 bits per heavy atom. The third kappa shape index (κ3) is 5.22. The Hall–Kier alpha value is -3.00. The number of carbonyl (C=O) groups is 2. The van der Waals surface area contributed by atoms with Crippen molar-refractivity contribution in [1.29, 1.82) is 0 Å². The fourth-order valence-corrected chi connectivity index (χ4v) is 5.72. The van der Waals surface area contributed by atoms with E-state index in [4.69, 9.17) is 11.6 Å². The first kappa shape index (κ1) is 24.1. The van der Waals surface area contributed by atoms with Gasteiger partial charge in [-0.15, -0.1) is 0 Å². The second kappa shape index (κ2) is 10.1. The van der Waals surface area contributed by atoms with Crippen LogP contribution in [0.3, 0.4) is 0 Å². The Kier molecular flexibility index (Phi) is 7.16. The van der Waals surface area contributed by atoms with Crippen molar-refractivity contribution < 1.29 is 18.0 Å². The molecule has 1 saturated heterocycles. The summed E-state index contributed by atoms with van der Waals surface area (Å²) in [5.74, 6) is -1.12. The number of aryl methyl sites for hydroxylation is 1. The molecule has 176 valence electrons. The third-order valence-electron chi connectivity index (χ3n) is 5.93. The molecule has 8 heteroatoms. The lowest BCUT2D eigenvalue weighted by molar-refractivity contribution is -0.120. The minimum Gasteiger partial charge on any atom is -0.325 e. The van der Waals surface area contributed by atoms with Crippen LogP contribution in [0.2, 0.25) is 5.02 Å². The summed E-state index contributed by atoms with van der Waals surface area (Å²) in [5.41, 5.74) is 2.08. The normalized spacial score (nSPS) is 16.7. The van der Waals surface area contributed by atoms with E-state index in [1.165, 1.54) is 10.4 Å². The van der Waals surface area contributed by atoms with Gasteiger partial charge in [0.25, 0.3) is 0 Å². The highest BCUT2D eigenvalue weighted by Crippen LogP contribution is 2.28. The van der Waals surface area contributed by atoms with Gasteiger partial charge in [-0.05, 0) is 50.1 Å². The molecule has 0 bridgehead atoms. The number of halogens is 1. The zero-order valence-corrected chi connectivity index (χ0v) is 20.3. The number of nitrogens with zero attached hydrogens (tertiary/aromatic N) is 1. The highest BCUT2D eigenvalue weighted by molar-refractivity contribution is 7.89. The maximum atomic E-state index is 13.1. The lowest BCUT2D eigenvalue weighted by Crippen LogP contribution is -2.43. The zero-order chi connectivity index (χ0) is 24.3. The first-order valence-electron chi connectivity index (χ1n) is 11.0. The Bertz CT molecular complexity index is 1310. The molecule has 1 fully saturated rings. The SMILES string of the molecule is Cc1ccc(S(=O)(=O)N2CCC[C@@H](C(=O)Nc3ccc(Cl)cc3C(=O)c3ccccc3)C2)cc1. The third-order valence-corrected chi connectivity index (χ3v) is 8.05. The van der Waals surface area contributed by atoms with Crippen molar-refractivity contribution in [2.24, 2.45) is 5.92 Å². The quantitative estimate of drug-likeness (QED) is 0.491. The summed E-state index contributed by atoms with van der Waals surface area (Å²) < 4.78 is 27.6. The van der Waals surface area contributed by atoms with Crippen molar-refractivity contribution in [2.75, 3.05) is 18.4 Å². The first-order chi connectivity index (χ1) is 16.3. The lowest BCUT2D eigenvalue weighted by atomic mass is 9.97. The Morgan fingerprint density at radius 3 is 2.41 bits per heavy atom. The molecule has 0 aromatic heterocycles. The van der Waals surface area contributed by atoms with Gasteiger partial charge in [0.2, 0.25) is 15.9 Å². The van der Waals surface area contributed by atoms with Crippen LogP contribution in [0.5, 0.6) is 0 Å². The molecular formula is C26H25ClN2O4S. The van der Waals surface area contributed by atoms with Gasteiger partial charge in [-0.3, -0.25) is 9.59 Å². The first-order valence-corrected chi connectivity index (χ1v) is 12.8. The topological polar surface area (TPSA) is 83.6 Å². The summed E-state index contributed by atoms with van der Waals surface area (Å²) in [6, 6.07) is 20.2. The maximum absolute atomic E-state index is 13.1. The van der Waals surface area contributed by atoms with E-state index >= 15 is 0 Å². The van der Waals surface area contributed by atoms with Crippen LogP contribution in [0, 0.1) is 12.8 Å². The number of amides is 1. The van der Waals surface area contributed by atoms with Crippen LogP contribution < -0.4 is 5.32 Å². The van der Waals surface area contributed by atoms with Crippen LogP contribution in [0.4, 0.5) is 5.69 Å². The summed E-state index contributed by atoms with van der Waals surface area (Å²) in [7, 11) is -3.70. The van der Waals surface area contributed by atoms with E-state index in [-0.39, 0.29) is 28.7 Å². The number of ketones is 1. The summed E-state index contributed by atoms with van der Waals surface area (Å²) in [5, 5.41) is 3.22. The molecule has 0 spiro atoms. The largest absolute Gasteiger partial charge is 0.325 e. The summed E-state index contributed by atoms with van der Waals surface area (Å²) in [4.78, 5) is 26.4. The lowest BCUT2D eigenvalue weighted by Gasteiger charge is -2.31. The molecule has 1 N–H and O–H groups in total. The van der Waals surface area contributed by atoms with E-state index in [1.54, 1.807) is 60.7 Å². The number of nitrogens with one attached hydrogen (secondary N) is 1. The number of hydrogen-bond donors (Lipinski definition) is 1. The second-order valence-electron chi connectivity index (χ2n) is 8.39. The van der Waals surface area contributed by atoms with Crippen molar-refractivity contribution in [3.8, 4) is 0 Å². The minimum atomic E-state index is -3.70.